The Labute approximate surface area is 189 Å². The molecule has 3 heterocycles. The van der Waals surface area contributed by atoms with E-state index in [4.69, 9.17) is 9.47 Å². The molecule has 0 bridgehead atoms. The van der Waals surface area contributed by atoms with Gasteiger partial charge in [0, 0.05) is 7.05 Å². The van der Waals surface area contributed by atoms with Crippen molar-refractivity contribution in [1.29, 1.82) is 0 Å². The minimum Gasteiger partial charge on any atom is -0.444 e. The molecule has 1 aliphatic rings. The van der Waals surface area contributed by atoms with Gasteiger partial charge in [0.1, 0.15) is 42.3 Å². The van der Waals surface area contributed by atoms with Crippen LogP contribution < -0.4 is 10.6 Å². The first-order valence-corrected chi connectivity index (χ1v) is 10.3. The Bertz CT molecular complexity index is 977. The smallest absolute Gasteiger partial charge is 0.410 e. The molecule has 6 N–H and O–H groups in total. The lowest BCUT2D eigenvalue weighted by atomic mass is 9.95. The first kappa shape index (κ1) is 24.6. The fourth-order valence-electron chi connectivity index (χ4n) is 3.28. The molecule has 1 saturated heterocycles. The topological polar surface area (TPSA) is 195 Å². The van der Waals surface area contributed by atoms with Gasteiger partial charge in [-0.3, -0.25) is 4.79 Å². The standard InChI is InChI=1S/C19H29N7O7/c1-19(2,3)33-18(31)26(4)5-10(28)24-11-9(6-27)32-17(14(30)13(11)29)25-16-12-15(21-7-20-12)22-8-23-16/h7-9,11,13-14,17,27,29-30H,5-6H2,1-4H3,(H,24,28)(H2,20,21,22,23,25)/t9-,11-,13+,14-,17-/m0/s1. The average Bonchev–Trinajstić information content (AvgIpc) is 3.22. The molecular weight excluding hydrogens is 438 g/mol. The number of fused-ring (bicyclic) bond motifs is 1. The number of imidazole rings is 1. The van der Waals surface area contributed by atoms with Crippen LogP contribution in [0.2, 0.25) is 0 Å². The quantitative estimate of drug-likeness (QED) is 0.291. The normalized spacial score (nSPS) is 25.5. The van der Waals surface area contributed by atoms with Gasteiger partial charge in [-0.25, -0.2) is 19.7 Å². The number of aliphatic hydroxyl groups excluding tert-OH is 3. The Hall–Kier alpha value is -3.07. The van der Waals surface area contributed by atoms with Gasteiger partial charge in [0.15, 0.2) is 17.7 Å². The summed E-state index contributed by atoms with van der Waals surface area (Å²) in [6.07, 6.45) is -3.21. The molecule has 3 rings (SSSR count). The zero-order chi connectivity index (χ0) is 24.3. The van der Waals surface area contributed by atoms with Crippen LogP contribution in [0.4, 0.5) is 10.6 Å². The Morgan fingerprint density at radius 2 is 1.97 bits per heavy atom. The van der Waals surface area contributed by atoms with Gasteiger partial charge in [0.2, 0.25) is 5.91 Å². The minimum atomic E-state index is -1.50. The van der Waals surface area contributed by atoms with E-state index in [1.807, 2.05) is 0 Å². The minimum absolute atomic E-state index is 0.270. The van der Waals surface area contributed by atoms with Crippen LogP contribution in [0.15, 0.2) is 12.7 Å². The maximum Gasteiger partial charge on any atom is 0.410 e. The molecule has 2 aromatic rings. The summed E-state index contributed by atoms with van der Waals surface area (Å²) in [7, 11) is 1.39. The van der Waals surface area contributed by atoms with E-state index in [0.717, 1.165) is 4.90 Å². The van der Waals surface area contributed by atoms with E-state index >= 15 is 0 Å². The molecule has 0 aromatic carbocycles. The van der Waals surface area contributed by atoms with Crippen molar-refractivity contribution < 1.29 is 34.4 Å². The number of amides is 2. The summed E-state index contributed by atoms with van der Waals surface area (Å²) in [5, 5.41) is 36.4. The van der Waals surface area contributed by atoms with E-state index in [2.05, 4.69) is 30.6 Å². The predicted octanol–water partition coefficient (Wildman–Crippen LogP) is -1.44. The van der Waals surface area contributed by atoms with Crippen molar-refractivity contribution >= 4 is 29.0 Å². The number of aromatic amines is 1. The van der Waals surface area contributed by atoms with E-state index in [1.54, 1.807) is 20.8 Å². The third kappa shape index (κ3) is 5.84. The number of carbonyl (C=O) groups is 2. The number of hydrogen-bond acceptors (Lipinski definition) is 11. The van der Waals surface area contributed by atoms with Crippen molar-refractivity contribution in [3.8, 4) is 0 Å². The second-order valence-electron chi connectivity index (χ2n) is 8.66. The van der Waals surface area contributed by atoms with Crippen molar-refractivity contribution in [2.75, 3.05) is 25.5 Å². The molecule has 2 amide bonds. The highest BCUT2D eigenvalue weighted by Gasteiger charge is 2.45. The third-order valence-electron chi connectivity index (χ3n) is 4.85. The molecule has 0 aliphatic carbocycles. The first-order chi connectivity index (χ1) is 15.5. The maximum atomic E-state index is 12.5. The third-order valence-corrected chi connectivity index (χ3v) is 4.85. The Morgan fingerprint density at radius 1 is 1.24 bits per heavy atom. The van der Waals surface area contributed by atoms with Gasteiger partial charge in [0.25, 0.3) is 0 Å². The van der Waals surface area contributed by atoms with Crippen LogP contribution in [0, 0.1) is 0 Å². The van der Waals surface area contributed by atoms with Crippen LogP contribution >= 0.6 is 0 Å². The second kappa shape index (κ2) is 9.82. The van der Waals surface area contributed by atoms with E-state index in [-0.39, 0.29) is 12.4 Å². The maximum absolute atomic E-state index is 12.5. The molecule has 1 fully saturated rings. The van der Waals surface area contributed by atoms with Crippen molar-refractivity contribution in [2.45, 2.75) is 57.0 Å². The largest absolute Gasteiger partial charge is 0.444 e. The van der Waals surface area contributed by atoms with Crippen LogP contribution in [-0.4, -0.2) is 109 Å². The van der Waals surface area contributed by atoms with Crippen molar-refractivity contribution in [1.82, 2.24) is 30.2 Å². The highest BCUT2D eigenvalue weighted by Crippen LogP contribution is 2.24. The lowest BCUT2D eigenvalue weighted by molar-refractivity contribution is -0.185. The Morgan fingerprint density at radius 3 is 2.64 bits per heavy atom. The van der Waals surface area contributed by atoms with Crippen molar-refractivity contribution in [2.24, 2.45) is 0 Å². The van der Waals surface area contributed by atoms with Gasteiger partial charge in [-0.05, 0) is 20.8 Å². The Kier molecular flexibility index (Phi) is 7.31. The number of carbonyl (C=O) groups excluding carboxylic acids is 2. The number of anilines is 1. The van der Waals surface area contributed by atoms with Gasteiger partial charge in [-0.1, -0.05) is 0 Å². The number of rotatable bonds is 6. The van der Waals surface area contributed by atoms with Gasteiger partial charge in [-0.2, -0.15) is 0 Å². The number of aliphatic hydroxyl groups is 3. The summed E-state index contributed by atoms with van der Waals surface area (Å²) < 4.78 is 10.9. The monoisotopic (exact) mass is 467 g/mol. The van der Waals surface area contributed by atoms with Crippen LogP contribution in [0.1, 0.15) is 20.8 Å². The number of likely N-dealkylation sites (N-methyl/N-ethyl adjacent to an activating group) is 1. The van der Waals surface area contributed by atoms with Gasteiger partial charge >= 0.3 is 6.09 Å². The van der Waals surface area contributed by atoms with Crippen LogP contribution in [0.25, 0.3) is 11.2 Å². The number of ether oxygens (including phenoxy) is 2. The molecule has 33 heavy (non-hydrogen) atoms. The molecular formula is C19H29N7O7. The molecule has 0 saturated carbocycles. The molecule has 0 unspecified atom stereocenters. The summed E-state index contributed by atoms with van der Waals surface area (Å²) >= 11 is 0. The summed E-state index contributed by atoms with van der Waals surface area (Å²) in [5.41, 5.74) is 0.120. The van der Waals surface area contributed by atoms with Crippen LogP contribution in [0.3, 0.4) is 0 Å². The fraction of sp³-hybridized carbons (Fsp3) is 0.632. The number of H-pyrrole nitrogens is 1. The van der Waals surface area contributed by atoms with Crippen LogP contribution in [0.5, 0.6) is 0 Å². The lowest BCUT2D eigenvalue weighted by Crippen LogP contribution is -2.66. The SMILES string of the molecule is CN(CC(=O)N[C@@H]1[C@@H](O)[C@H](O)[C@@H](Nc2ncnc3nc[nH]c23)O[C@H]1CO)C(=O)OC(C)(C)C. The van der Waals surface area contributed by atoms with Gasteiger partial charge < -0.3 is 45.3 Å². The van der Waals surface area contributed by atoms with E-state index < -0.39 is 54.8 Å². The molecule has 14 heteroatoms. The van der Waals surface area contributed by atoms with Gasteiger partial charge in [-0.15, -0.1) is 0 Å². The molecule has 2 aromatic heterocycles. The van der Waals surface area contributed by atoms with E-state index in [9.17, 15) is 24.9 Å². The highest BCUT2D eigenvalue weighted by molar-refractivity contribution is 5.83. The summed E-state index contributed by atoms with van der Waals surface area (Å²) in [6.45, 7) is 4.17. The number of aromatic nitrogens is 4. The number of nitrogens with zero attached hydrogens (tertiary/aromatic N) is 4. The average molecular weight is 467 g/mol. The lowest BCUT2D eigenvalue weighted by Gasteiger charge is -2.42. The molecule has 14 nitrogen and oxygen atoms in total. The highest BCUT2D eigenvalue weighted by atomic mass is 16.6. The molecule has 0 radical (unpaired) electrons. The molecule has 182 valence electrons. The van der Waals surface area contributed by atoms with Crippen molar-refractivity contribution in [3.63, 3.8) is 0 Å². The number of hydrogen-bond donors (Lipinski definition) is 6. The molecule has 0 spiro atoms. The summed E-state index contributed by atoms with van der Waals surface area (Å²) in [4.78, 5) is 40.5. The zero-order valence-corrected chi connectivity index (χ0v) is 18.7. The van der Waals surface area contributed by atoms with Crippen LogP contribution in [-0.2, 0) is 14.3 Å². The predicted molar refractivity (Wildman–Crippen MR) is 114 cm³/mol. The summed E-state index contributed by atoms with van der Waals surface area (Å²) in [5.74, 6) is -0.366. The fourth-order valence-corrected chi connectivity index (χ4v) is 3.28. The zero-order valence-electron chi connectivity index (χ0n) is 18.7. The summed E-state index contributed by atoms with van der Waals surface area (Å²) in [6, 6.07) is -1.14. The molecule has 1 aliphatic heterocycles. The van der Waals surface area contributed by atoms with Gasteiger partial charge in [0.05, 0.1) is 19.0 Å². The Balaban J connectivity index is 1.64. The molecule has 5 atom stereocenters. The van der Waals surface area contributed by atoms with E-state index in [0.29, 0.717) is 11.2 Å². The van der Waals surface area contributed by atoms with E-state index in [1.165, 1.54) is 19.7 Å². The first-order valence-electron chi connectivity index (χ1n) is 10.3. The second-order valence-corrected chi connectivity index (χ2v) is 8.66. The number of nitrogens with one attached hydrogen (secondary N) is 3. The van der Waals surface area contributed by atoms with Crippen molar-refractivity contribution in [3.05, 3.63) is 12.7 Å².